The van der Waals surface area contributed by atoms with Gasteiger partial charge in [-0.05, 0) is 44.5 Å². The van der Waals surface area contributed by atoms with Gasteiger partial charge in [0, 0.05) is 6.42 Å². The maximum Gasteiger partial charge on any atom is 0.408 e. The molecule has 0 spiro atoms. The molecule has 1 aromatic rings. The first-order valence-electron chi connectivity index (χ1n) is 6.67. The minimum Gasteiger partial charge on any atom is -0.496 e. The van der Waals surface area contributed by atoms with E-state index in [1.165, 1.54) is 25.3 Å². The number of carboxylic acid groups (broad SMARTS) is 1. The summed E-state index contributed by atoms with van der Waals surface area (Å²) in [6.07, 6.45) is -0.981. The molecular weight excluding hydrogens is 293 g/mol. The van der Waals surface area contributed by atoms with Gasteiger partial charge in [-0.2, -0.15) is 0 Å². The fourth-order valence-corrected chi connectivity index (χ4v) is 1.78. The number of aliphatic carboxylic acids is 1. The van der Waals surface area contributed by atoms with Crippen LogP contribution < -0.4 is 10.1 Å². The molecule has 0 aliphatic heterocycles. The molecule has 0 heterocycles. The van der Waals surface area contributed by atoms with Crippen molar-refractivity contribution in [2.24, 2.45) is 0 Å². The van der Waals surface area contributed by atoms with Crippen LogP contribution in [0.4, 0.5) is 9.18 Å². The molecule has 0 saturated carbocycles. The summed E-state index contributed by atoms with van der Waals surface area (Å²) in [7, 11) is 1.40. The molecule has 1 unspecified atom stereocenters. The van der Waals surface area contributed by atoms with E-state index in [1.54, 1.807) is 20.8 Å². The topological polar surface area (TPSA) is 84.9 Å². The van der Waals surface area contributed by atoms with E-state index in [-0.39, 0.29) is 6.42 Å². The number of alkyl carbamates (subject to hydrolysis) is 1. The Balaban J connectivity index is 2.87. The lowest BCUT2D eigenvalue weighted by Gasteiger charge is -2.22. The number of rotatable bonds is 5. The van der Waals surface area contributed by atoms with Crippen molar-refractivity contribution in [3.63, 3.8) is 0 Å². The number of hydrogen-bond donors (Lipinski definition) is 2. The van der Waals surface area contributed by atoms with Gasteiger partial charge in [0.25, 0.3) is 0 Å². The van der Waals surface area contributed by atoms with E-state index in [2.05, 4.69) is 5.32 Å². The fourth-order valence-electron chi connectivity index (χ4n) is 1.78. The molecule has 2 N–H and O–H groups in total. The summed E-state index contributed by atoms with van der Waals surface area (Å²) in [5.41, 5.74) is -0.407. The number of nitrogens with one attached hydrogen (secondary N) is 1. The highest BCUT2D eigenvalue weighted by Crippen LogP contribution is 2.21. The van der Waals surface area contributed by atoms with Gasteiger partial charge in [-0.15, -0.1) is 0 Å². The van der Waals surface area contributed by atoms with E-state index >= 15 is 0 Å². The summed E-state index contributed by atoms with van der Waals surface area (Å²) >= 11 is 0. The lowest BCUT2D eigenvalue weighted by atomic mass is 10.0. The number of benzene rings is 1. The highest BCUT2D eigenvalue weighted by atomic mass is 19.1. The van der Waals surface area contributed by atoms with Crippen molar-refractivity contribution < 1.29 is 28.6 Å². The molecule has 0 bridgehead atoms. The molecule has 0 aliphatic rings. The number of carbonyl (C=O) groups is 2. The van der Waals surface area contributed by atoms with E-state index in [4.69, 9.17) is 9.47 Å². The maximum absolute atomic E-state index is 13.3. The van der Waals surface area contributed by atoms with Gasteiger partial charge in [-0.3, -0.25) is 0 Å². The summed E-state index contributed by atoms with van der Waals surface area (Å²) < 4.78 is 23.4. The molecule has 1 amide bonds. The van der Waals surface area contributed by atoms with Crippen molar-refractivity contribution in [3.05, 3.63) is 29.6 Å². The molecule has 6 nitrogen and oxygen atoms in total. The SMILES string of the molecule is COc1ccc(F)cc1CC(NC(=O)OC(C)(C)C)C(=O)O. The van der Waals surface area contributed by atoms with Gasteiger partial charge >= 0.3 is 12.1 Å². The molecule has 1 rings (SSSR count). The molecule has 7 heteroatoms. The number of methoxy groups -OCH3 is 1. The predicted octanol–water partition coefficient (Wildman–Crippen LogP) is 2.35. The molecule has 0 radical (unpaired) electrons. The Bertz CT molecular complexity index is 553. The molecule has 22 heavy (non-hydrogen) atoms. The number of hydrogen-bond acceptors (Lipinski definition) is 4. The summed E-state index contributed by atoms with van der Waals surface area (Å²) in [4.78, 5) is 23.0. The van der Waals surface area contributed by atoms with Crippen LogP contribution in [0.15, 0.2) is 18.2 Å². The standard InChI is InChI=1S/C15H20FNO5/c1-15(2,3)22-14(20)17-11(13(18)19)8-9-7-10(16)5-6-12(9)21-4/h5-7,11H,8H2,1-4H3,(H,17,20)(H,18,19). The number of amides is 1. The van der Waals surface area contributed by atoms with Crippen LogP contribution in [0.1, 0.15) is 26.3 Å². The molecule has 0 saturated heterocycles. The third kappa shape index (κ3) is 5.59. The Morgan fingerprint density at radius 2 is 2.00 bits per heavy atom. The van der Waals surface area contributed by atoms with Crippen LogP contribution in [-0.4, -0.2) is 35.9 Å². The van der Waals surface area contributed by atoms with E-state index < -0.39 is 29.5 Å². The van der Waals surface area contributed by atoms with Crippen molar-refractivity contribution in [1.82, 2.24) is 5.32 Å². The second-order valence-corrected chi connectivity index (χ2v) is 5.70. The Morgan fingerprint density at radius 1 is 1.36 bits per heavy atom. The number of carboxylic acids is 1. The summed E-state index contributed by atoms with van der Waals surface area (Å²) in [5, 5.41) is 11.5. The first-order chi connectivity index (χ1) is 10.1. The first-order valence-corrected chi connectivity index (χ1v) is 6.67. The van der Waals surface area contributed by atoms with Crippen LogP contribution in [0.25, 0.3) is 0 Å². The Labute approximate surface area is 128 Å². The zero-order valence-corrected chi connectivity index (χ0v) is 13.0. The number of carbonyl (C=O) groups excluding carboxylic acids is 1. The molecule has 0 aromatic heterocycles. The van der Waals surface area contributed by atoms with Crippen LogP contribution in [0.3, 0.4) is 0 Å². The lowest BCUT2D eigenvalue weighted by Crippen LogP contribution is -2.44. The average Bonchev–Trinajstić information content (AvgIpc) is 2.35. The second-order valence-electron chi connectivity index (χ2n) is 5.70. The zero-order valence-electron chi connectivity index (χ0n) is 13.0. The largest absolute Gasteiger partial charge is 0.496 e. The minimum absolute atomic E-state index is 0.129. The van der Waals surface area contributed by atoms with Gasteiger partial charge in [0.1, 0.15) is 23.2 Å². The van der Waals surface area contributed by atoms with Crippen LogP contribution in [0.5, 0.6) is 5.75 Å². The molecule has 0 fully saturated rings. The van der Waals surface area contributed by atoms with Crippen LogP contribution in [-0.2, 0) is 16.0 Å². The number of ether oxygens (including phenoxy) is 2. The molecule has 1 atom stereocenters. The van der Waals surface area contributed by atoms with Crippen molar-refractivity contribution in [2.45, 2.75) is 38.8 Å². The molecule has 122 valence electrons. The quantitative estimate of drug-likeness (QED) is 0.871. The van der Waals surface area contributed by atoms with Crippen LogP contribution in [0.2, 0.25) is 0 Å². The summed E-state index contributed by atoms with van der Waals surface area (Å²) in [5.74, 6) is -1.42. The van der Waals surface area contributed by atoms with Gasteiger partial charge in [0.15, 0.2) is 0 Å². The van der Waals surface area contributed by atoms with Crippen molar-refractivity contribution in [1.29, 1.82) is 0 Å². The first kappa shape index (κ1) is 17.7. The molecule has 1 aromatic carbocycles. The zero-order chi connectivity index (χ0) is 16.9. The highest BCUT2D eigenvalue weighted by molar-refractivity contribution is 5.80. The highest BCUT2D eigenvalue weighted by Gasteiger charge is 2.25. The van der Waals surface area contributed by atoms with Gasteiger partial charge in [-0.1, -0.05) is 0 Å². The van der Waals surface area contributed by atoms with E-state index in [9.17, 15) is 19.1 Å². The Hall–Kier alpha value is -2.31. The average molecular weight is 313 g/mol. The van der Waals surface area contributed by atoms with Crippen LogP contribution >= 0.6 is 0 Å². The fraction of sp³-hybridized carbons (Fsp3) is 0.467. The summed E-state index contributed by atoms with van der Waals surface area (Å²) in [6.45, 7) is 4.99. The Kier molecular flexibility index (Phi) is 5.73. The third-order valence-corrected chi connectivity index (χ3v) is 2.66. The van der Waals surface area contributed by atoms with E-state index in [0.717, 1.165) is 0 Å². The number of halogens is 1. The van der Waals surface area contributed by atoms with Crippen molar-refractivity contribution in [2.75, 3.05) is 7.11 Å². The predicted molar refractivity (Wildman–Crippen MR) is 77.4 cm³/mol. The molecular formula is C15H20FNO5. The monoisotopic (exact) mass is 313 g/mol. The van der Waals surface area contributed by atoms with Crippen LogP contribution in [0, 0.1) is 5.82 Å². The maximum atomic E-state index is 13.3. The van der Waals surface area contributed by atoms with Gasteiger partial charge in [0.2, 0.25) is 0 Å². The third-order valence-electron chi connectivity index (χ3n) is 2.66. The van der Waals surface area contributed by atoms with Gasteiger partial charge in [-0.25, -0.2) is 14.0 Å². The summed E-state index contributed by atoms with van der Waals surface area (Å²) in [6, 6.07) is 2.52. The lowest BCUT2D eigenvalue weighted by molar-refractivity contribution is -0.139. The molecule has 0 aliphatic carbocycles. The van der Waals surface area contributed by atoms with Crippen molar-refractivity contribution in [3.8, 4) is 5.75 Å². The van der Waals surface area contributed by atoms with Gasteiger partial charge < -0.3 is 19.9 Å². The minimum atomic E-state index is -1.26. The van der Waals surface area contributed by atoms with Gasteiger partial charge in [0.05, 0.1) is 7.11 Å². The van der Waals surface area contributed by atoms with E-state index in [0.29, 0.717) is 11.3 Å². The Morgan fingerprint density at radius 3 is 2.50 bits per heavy atom. The second kappa shape index (κ2) is 7.11. The smallest absolute Gasteiger partial charge is 0.408 e. The normalized spacial score (nSPS) is 12.4. The van der Waals surface area contributed by atoms with E-state index in [1.807, 2.05) is 0 Å². The van der Waals surface area contributed by atoms with Crippen molar-refractivity contribution >= 4 is 12.1 Å².